The highest BCUT2D eigenvalue weighted by molar-refractivity contribution is 9.11. The molecule has 9 aromatic carbocycles. The molecular formula is C57H57B3Br3O10-2. The Balaban J connectivity index is 0.000000239. The van der Waals surface area contributed by atoms with Crippen molar-refractivity contribution in [2.45, 2.75) is 40.4 Å². The Morgan fingerprint density at radius 3 is 1.44 bits per heavy atom. The molecule has 3 radical (unpaired) electrons. The Hall–Kier alpha value is -5.81. The van der Waals surface area contributed by atoms with Crippen molar-refractivity contribution in [3.63, 3.8) is 0 Å². The maximum absolute atomic E-state index is 11.3. The molecule has 0 aliphatic heterocycles. The van der Waals surface area contributed by atoms with E-state index in [0.717, 1.165) is 71.5 Å². The van der Waals surface area contributed by atoms with Gasteiger partial charge in [0.1, 0.15) is 18.1 Å². The van der Waals surface area contributed by atoms with E-state index in [1.165, 1.54) is 29.1 Å². The highest BCUT2D eigenvalue weighted by atomic mass is 79.9. The third kappa shape index (κ3) is 22.1. The number of halogens is 3. The summed E-state index contributed by atoms with van der Waals surface area (Å²) in [6.07, 6.45) is 0. The fourth-order valence-electron chi connectivity index (χ4n) is 6.26. The zero-order chi connectivity index (χ0) is 53.4. The number of aliphatic hydroxyl groups excluding tert-OH is 3. The van der Waals surface area contributed by atoms with Gasteiger partial charge in [-0.25, -0.2) is 0 Å². The van der Waals surface area contributed by atoms with E-state index in [2.05, 4.69) is 71.6 Å². The van der Waals surface area contributed by atoms with Gasteiger partial charge in [0.25, 0.3) is 7.48 Å². The monoisotopic (exact) mass is 1170 g/mol. The number of rotatable bonds is 10. The van der Waals surface area contributed by atoms with Gasteiger partial charge in [-0.1, -0.05) is 169 Å². The quantitative estimate of drug-likeness (QED) is 0.0655. The van der Waals surface area contributed by atoms with Crippen molar-refractivity contribution in [1.82, 2.24) is 0 Å². The van der Waals surface area contributed by atoms with E-state index in [1.54, 1.807) is 53.0 Å². The molecule has 0 amide bonds. The third-order valence-electron chi connectivity index (χ3n) is 9.87. The van der Waals surface area contributed by atoms with Crippen LogP contribution in [0.4, 0.5) is 0 Å². The molecule has 0 atom stereocenters. The summed E-state index contributed by atoms with van der Waals surface area (Å²) in [5.41, 5.74) is 4.04. The molecule has 5 N–H and O–H groups in total. The standard InChI is InChI=1S/C17H13BrO2.C12H11BrO.C11H9BrO2.C7H8BO.C6H6O.C3H8BO2.CH4BO/c18-17-15-10-12(6-7-13(15)8-9-16(17)19)11-20-14-4-2-1-3-5-14;1-8-2-4-10-5-3-9(7-14)6-11(10)12(8)13;12-11-9-5-7(6-13)1-2-8(9)3-4-10(11)14;1-8-9-7-5-3-2-4-6-7;7-6-4-2-1-3-5-6;1-6-3-4-2-5;1-2-3/h1-10,19H,11H2;2-6,14H,7H2,1H3;1-5,13-14H,6H2;2-6H,1H3;1-5,7H;5H,2-3H2,1H3;3H,1H3/p-2. The molecule has 10 nitrogen and oxygen atoms in total. The van der Waals surface area contributed by atoms with Gasteiger partial charge in [-0.3, -0.25) is 0 Å². The van der Waals surface area contributed by atoms with Crippen LogP contribution in [0.25, 0.3) is 32.3 Å². The first-order valence-corrected chi connectivity index (χ1v) is 25.1. The molecule has 0 heterocycles. The lowest BCUT2D eigenvalue weighted by atomic mass is 9.82. The van der Waals surface area contributed by atoms with Crippen molar-refractivity contribution < 1.29 is 49.8 Å². The van der Waals surface area contributed by atoms with Crippen LogP contribution in [0.15, 0.2) is 195 Å². The predicted molar refractivity (Wildman–Crippen MR) is 307 cm³/mol. The molecule has 0 aliphatic carbocycles. The van der Waals surface area contributed by atoms with Crippen molar-refractivity contribution in [2.24, 2.45) is 0 Å². The second-order valence-electron chi connectivity index (χ2n) is 15.2. The normalized spacial score (nSPS) is 9.79. The molecule has 377 valence electrons. The number of benzene rings is 9. The van der Waals surface area contributed by atoms with E-state index in [1.807, 2.05) is 134 Å². The van der Waals surface area contributed by atoms with Crippen LogP contribution in [0.3, 0.4) is 0 Å². The Kier molecular flexibility index (Phi) is 29.8. The minimum Gasteiger partial charge on any atom is -0.872 e. The largest absolute Gasteiger partial charge is 0.872 e. The molecule has 0 fully saturated rings. The first-order valence-electron chi connectivity index (χ1n) is 22.7. The van der Waals surface area contributed by atoms with Gasteiger partial charge in [0.2, 0.25) is 0 Å². The van der Waals surface area contributed by atoms with E-state index >= 15 is 0 Å². The smallest absolute Gasteiger partial charge is 0.366 e. The minimum atomic E-state index is -0.0346. The van der Waals surface area contributed by atoms with Crippen LogP contribution in [0.2, 0.25) is 13.6 Å². The molecule has 73 heavy (non-hydrogen) atoms. The Morgan fingerprint density at radius 1 is 0.534 bits per heavy atom. The highest BCUT2D eigenvalue weighted by Crippen LogP contribution is 2.34. The van der Waals surface area contributed by atoms with Gasteiger partial charge in [-0.15, -0.1) is 5.75 Å². The van der Waals surface area contributed by atoms with Crippen molar-refractivity contribution >= 4 is 102 Å². The lowest BCUT2D eigenvalue weighted by Gasteiger charge is -2.11. The maximum atomic E-state index is 11.3. The fraction of sp³-hybridized carbons (Fsp3) is 0.158. The summed E-state index contributed by atoms with van der Waals surface area (Å²) in [5.74, 6) is 2.02. The van der Waals surface area contributed by atoms with Gasteiger partial charge in [-0.2, -0.15) is 0 Å². The van der Waals surface area contributed by atoms with Gasteiger partial charge in [0, 0.05) is 34.5 Å². The number of methoxy groups -OCH3 is 1. The lowest BCUT2D eigenvalue weighted by Crippen LogP contribution is -2.04. The molecule has 0 aliphatic rings. The summed E-state index contributed by atoms with van der Waals surface area (Å²) < 4.78 is 17.8. The molecular weight excluding hydrogens is 1120 g/mol. The Bertz CT molecular complexity index is 2860. The van der Waals surface area contributed by atoms with E-state index in [9.17, 15) is 15.3 Å². The molecule has 9 aromatic rings. The van der Waals surface area contributed by atoms with E-state index in [0.29, 0.717) is 17.6 Å². The number of phenols is 1. The number of hydrogen-bond acceptors (Lipinski definition) is 10. The molecule has 0 bridgehead atoms. The van der Waals surface area contributed by atoms with Crippen LogP contribution in [0, 0.1) is 6.92 Å². The van der Waals surface area contributed by atoms with Crippen molar-refractivity contribution in [2.75, 3.05) is 20.1 Å². The molecule has 0 spiro atoms. The number of aromatic hydroxyl groups is 1. The summed E-state index contributed by atoms with van der Waals surface area (Å²) >= 11 is 10.2. The first-order chi connectivity index (χ1) is 35.3. The van der Waals surface area contributed by atoms with Crippen LogP contribution in [0.1, 0.15) is 22.3 Å². The van der Waals surface area contributed by atoms with Crippen LogP contribution >= 0.6 is 47.8 Å². The van der Waals surface area contributed by atoms with Gasteiger partial charge in [0.15, 0.2) is 7.28 Å². The molecule has 9 rings (SSSR count). The molecule has 0 saturated carbocycles. The van der Waals surface area contributed by atoms with Crippen LogP contribution in [-0.2, 0) is 24.6 Å². The predicted octanol–water partition coefficient (Wildman–Crippen LogP) is 11.8. The molecule has 16 heteroatoms. The zero-order valence-electron chi connectivity index (χ0n) is 41.0. The van der Waals surface area contributed by atoms with Gasteiger partial charge in [-0.05, 0) is 136 Å². The summed E-state index contributed by atoms with van der Waals surface area (Å²) in [6.45, 7) is 6.70. The van der Waals surface area contributed by atoms with Crippen LogP contribution in [0.5, 0.6) is 28.7 Å². The summed E-state index contributed by atoms with van der Waals surface area (Å²) in [7, 11) is 5.89. The van der Waals surface area contributed by atoms with E-state index < -0.39 is 0 Å². The number of hydrogen-bond donors (Lipinski definition) is 5. The lowest BCUT2D eigenvalue weighted by molar-refractivity contribution is -0.269. The van der Waals surface area contributed by atoms with Crippen molar-refractivity contribution in [3.8, 4) is 28.7 Å². The molecule has 0 unspecified atom stereocenters. The van der Waals surface area contributed by atoms with Crippen LogP contribution < -0.4 is 19.6 Å². The maximum Gasteiger partial charge on any atom is 0.366 e. The van der Waals surface area contributed by atoms with E-state index in [4.69, 9.17) is 29.7 Å². The number of para-hydroxylation sites is 3. The summed E-state index contributed by atoms with van der Waals surface area (Å²) in [5, 5.41) is 71.1. The average Bonchev–Trinajstić information content (AvgIpc) is 3.42. The average molecular weight is 1170 g/mol. The number of aliphatic hydroxyl groups is 3. The SMILES string of the molecule is COC[B]CO.C[B]O.C[B]Oc1ccccc1.Cc1ccc2ccc(CO)cc2c1Br.Oc1ccc2ccc(COc3ccccc3)cc2c1Br.[O-]c1ccc2ccc(CO)cc2c1Br.[O-]c1ccccc1. The van der Waals surface area contributed by atoms with E-state index in [-0.39, 0.29) is 37.0 Å². The molecule has 0 saturated heterocycles. The second-order valence-corrected chi connectivity index (χ2v) is 17.6. The first kappa shape index (κ1) is 61.5. The highest BCUT2D eigenvalue weighted by Gasteiger charge is 2.06. The Labute approximate surface area is 456 Å². The Morgan fingerprint density at radius 2 is 0.973 bits per heavy atom. The summed E-state index contributed by atoms with van der Waals surface area (Å²) in [6, 6.07) is 56.5. The van der Waals surface area contributed by atoms with Gasteiger partial charge >= 0.3 is 7.48 Å². The minimum absolute atomic E-state index is 0.00847. The molecule has 0 aromatic heterocycles. The topological polar surface area (TPSA) is 175 Å². The summed E-state index contributed by atoms with van der Waals surface area (Å²) in [4.78, 5) is 0. The zero-order valence-corrected chi connectivity index (χ0v) is 45.8. The number of aryl methyl sites for hydroxylation is 1. The van der Waals surface area contributed by atoms with Crippen molar-refractivity contribution in [3.05, 3.63) is 218 Å². The third-order valence-corrected chi connectivity index (χ3v) is 12.6. The van der Waals surface area contributed by atoms with Gasteiger partial charge < -0.3 is 49.8 Å². The fourth-order valence-corrected chi connectivity index (χ4v) is 7.69. The number of ether oxygens (including phenoxy) is 2. The number of fused-ring (bicyclic) bond motifs is 3. The van der Waals surface area contributed by atoms with Gasteiger partial charge in [0.05, 0.1) is 23.4 Å². The number of phenolic OH excluding ortho intramolecular Hbond substituents is 1. The second kappa shape index (κ2) is 35.4. The van der Waals surface area contributed by atoms with Crippen molar-refractivity contribution in [1.29, 1.82) is 0 Å². The van der Waals surface area contributed by atoms with Crippen LogP contribution in [-0.4, -0.2) is 67.8 Å².